The predicted molar refractivity (Wildman–Crippen MR) is 66.9 cm³/mol. The van der Waals surface area contributed by atoms with Crippen molar-refractivity contribution >= 4 is 0 Å². The van der Waals surface area contributed by atoms with E-state index in [0.717, 1.165) is 13.1 Å². The topological polar surface area (TPSA) is 34.0 Å². The van der Waals surface area contributed by atoms with Crippen LogP contribution in [0.15, 0.2) is 0 Å². The molecule has 0 N–H and O–H groups in total. The van der Waals surface area contributed by atoms with Gasteiger partial charge in [0.25, 0.3) is 0 Å². The molecule has 0 bridgehead atoms. The quantitative estimate of drug-likeness (QED) is 0.787. The summed E-state index contributed by atoms with van der Waals surface area (Å²) in [7, 11) is 0. The molecule has 17 heavy (non-hydrogen) atoms. The van der Waals surface area contributed by atoms with Gasteiger partial charge in [-0.1, -0.05) is 13.8 Å². The average molecular weight is 234 g/mol. The molecule has 4 heteroatoms. The SMILES string of the molecule is CCN1CCCC1c1nnc2n1CCCC2C. The number of aromatic nitrogens is 3. The lowest BCUT2D eigenvalue weighted by molar-refractivity contribution is 0.253. The Labute approximate surface area is 103 Å². The van der Waals surface area contributed by atoms with E-state index in [4.69, 9.17) is 0 Å². The lowest BCUT2D eigenvalue weighted by Crippen LogP contribution is -2.26. The number of hydrogen-bond donors (Lipinski definition) is 0. The fraction of sp³-hybridized carbons (Fsp3) is 0.846. The summed E-state index contributed by atoms with van der Waals surface area (Å²) in [5.74, 6) is 3.03. The van der Waals surface area contributed by atoms with Crippen LogP contribution in [0.5, 0.6) is 0 Å². The third kappa shape index (κ3) is 1.79. The van der Waals surface area contributed by atoms with Crippen molar-refractivity contribution in [1.82, 2.24) is 19.7 Å². The molecule has 4 nitrogen and oxygen atoms in total. The summed E-state index contributed by atoms with van der Waals surface area (Å²) in [5, 5.41) is 8.94. The summed E-state index contributed by atoms with van der Waals surface area (Å²) in [6.07, 6.45) is 5.09. The van der Waals surface area contributed by atoms with Gasteiger partial charge in [0.15, 0.2) is 0 Å². The maximum atomic E-state index is 4.50. The summed E-state index contributed by atoms with van der Waals surface area (Å²) in [5.41, 5.74) is 0. The van der Waals surface area contributed by atoms with Gasteiger partial charge < -0.3 is 4.57 Å². The molecular weight excluding hydrogens is 212 g/mol. The van der Waals surface area contributed by atoms with Crippen LogP contribution in [0.1, 0.15) is 63.1 Å². The Balaban J connectivity index is 1.93. The molecule has 0 spiro atoms. The number of rotatable bonds is 2. The Morgan fingerprint density at radius 1 is 1.12 bits per heavy atom. The van der Waals surface area contributed by atoms with Crippen molar-refractivity contribution in [2.75, 3.05) is 13.1 Å². The van der Waals surface area contributed by atoms with Crippen molar-refractivity contribution in [3.63, 3.8) is 0 Å². The monoisotopic (exact) mass is 234 g/mol. The molecule has 0 aliphatic carbocycles. The Morgan fingerprint density at radius 2 is 1.88 bits per heavy atom. The summed E-state index contributed by atoms with van der Waals surface area (Å²) in [6, 6.07) is 0.520. The van der Waals surface area contributed by atoms with E-state index >= 15 is 0 Å². The third-order valence-corrected chi connectivity index (χ3v) is 4.34. The summed E-state index contributed by atoms with van der Waals surface area (Å²) in [6.45, 7) is 7.99. The van der Waals surface area contributed by atoms with Crippen molar-refractivity contribution < 1.29 is 0 Å². The van der Waals surface area contributed by atoms with E-state index in [1.807, 2.05) is 0 Å². The van der Waals surface area contributed by atoms with E-state index in [1.165, 1.54) is 43.9 Å². The van der Waals surface area contributed by atoms with Gasteiger partial charge in [-0.15, -0.1) is 10.2 Å². The Morgan fingerprint density at radius 3 is 2.71 bits per heavy atom. The zero-order chi connectivity index (χ0) is 11.8. The van der Waals surface area contributed by atoms with Crippen molar-refractivity contribution in [3.05, 3.63) is 11.6 Å². The molecule has 1 fully saturated rings. The molecule has 0 saturated carbocycles. The van der Waals surface area contributed by atoms with Crippen LogP contribution in [-0.2, 0) is 6.54 Å². The Bertz CT molecular complexity index is 398. The Kier molecular flexibility index (Phi) is 2.90. The summed E-state index contributed by atoms with van der Waals surface area (Å²) >= 11 is 0. The van der Waals surface area contributed by atoms with Gasteiger partial charge in [-0.25, -0.2) is 0 Å². The highest BCUT2D eigenvalue weighted by molar-refractivity contribution is 5.08. The molecule has 0 aromatic carbocycles. The van der Waals surface area contributed by atoms with Crippen LogP contribution in [0.4, 0.5) is 0 Å². The van der Waals surface area contributed by atoms with Gasteiger partial charge in [0, 0.05) is 12.5 Å². The van der Waals surface area contributed by atoms with E-state index in [1.54, 1.807) is 0 Å². The van der Waals surface area contributed by atoms with E-state index in [9.17, 15) is 0 Å². The zero-order valence-electron chi connectivity index (χ0n) is 10.9. The van der Waals surface area contributed by atoms with Gasteiger partial charge in [0.2, 0.25) is 0 Å². The number of fused-ring (bicyclic) bond motifs is 1. The minimum Gasteiger partial charge on any atom is -0.313 e. The first kappa shape index (κ1) is 11.2. The maximum Gasteiger partial charge on any atom is 0.150 e. The molecule has 0 radical (unpaired) electrons. The van der Waals surface area contributed by atoms with Gasteiger partial charge in [-0.2, -0.15) is 0 Å². The van der Waals surface area contributed by atoms with Crippen LogP contribution in [0.25, 0.3) is 0 Å². The molecular formula is C13H22N4. The molecule has 0 amide bonds. The van der Waals surface area contributed by atoms with E-state index in [-0.39, 0.29) is 0 Å². The zero-order valence-corrected chi connectivity index (χ0v) is 10.9. The lowest BCUT2D eigenvalue weighted by Gasteiger charge is -2.25. The van der Waals surface area contributed by atoms with Crippen molar-refractivity contribution in [2.45, 2.75) is 58.0 Å². The van der Waals surface area contributed by atoms with Crippen LogP contribution in [-0.4, -0.2) is 32.8 Å². The highest BCUT2D eigenvalue weighted by Gasteiger charge is 2.31. The first-order valence-corrected chi connectivity index (χ1v) is 6.98. The number of hydrogen-bond acceptors (Lipinski definition) is 3. The largest absolute Gasteiger partial charge is 0.313 e. The summed E-state index contributed by atoms with van der Waals surface area (Å²) < 4.78 is 2.40. The molecule has 1 saturated heterocycles. The third-order valence-electron chi connectivity index (χ3n) is 4.34. The molecule has 3 heterocycles. The van der Waals surface area contributed by atoms with E-state index < -0.39 is 0 Å². The molecule has 94 valence electrons. The standard InChI is InChI=1S/C13H22N4/c1-3-16-8-5-7-11(16)13-15-14-12-10(2)6-4-9-17(12)13/h10-11H,3-9H2,1-2H3. The van der Waals surface area contributed by atoms with E-state index in [0.29, 0.717) is 12.0 Å². The van der Waals surface area contributed by atoms with Gasteiger partial charge >= 0.3 is 0 Å². The van der Waals surface area contributed by atoms with Crippen molar-refractivity contribution in [1.29, 1.82) is 0 Å². The van der Waals surface area contributed by atoms with Gasteiger partial charge in [0.1, 0.15) is 11.6 Å². The first-order chi connectivity index (χ1) is 8.31. The van der Waals surface area contributed by atoms with Crippen LogP contribution in [0, 0.1) is 0 Å². The normalized spacial score (nSPS) is 29.5. The van der Waals surface area contributed by atoms with Crippen LogP contribution in [0.3, 0.4) is 0 Å². The molecule has 2 atom stereocenters. The minimum atomic E-state index is 0.520. The second-order valence-electron chi connectivity index (χ2n) is 5.40. The maximum absolute atomic E-state index is 4.50. The molecule has 2 aliphatic rings. The van der Waals surface area contributed by atoms with Crippen LogP contribution in [0.2, 0.25) is 0 Å². The smallest absolute Gasteiger partial charge is 0.150 e. The van der Waals surface area contributed by atoms with Gasteiger partial charge in [-0.05, 0) is 38.8 Å². The van der Waals surface area contributed by atoms with Crippen molar-refractivity contribution in [3.8, 4) is 0 Å². The van der Waals surface area contributed by atoms with Crippen LogP contribution >= 0.6 is 0 Å². The Hall–Kier alpha value is -0.900. The fourth-order valence-corrected chi connectivity index (χ4v) is 3.35. The van der Waals surface area contributed by atoms with Crippen molar-refractivity contribution in [2.24, 2.45) is 0 Å². The fourth-order valence-electron chi connectivity index (χ4n) is 3.35. The molecule has 2 unspecified atom stereocenters. The summed E-state index contributed by atoms with van der Waals surface area (Å²) in [4.78, 5) is 2.54. The molecule has 3 rings (SSSR count). The average Bonchev–Trinajstić information content (AvgIpc) is 2.94. The highest BCUT2D eigenvalue weighted by Crippen LogP contribution is 2.34. The molecule has 1 aromatic rings. The number of likely N-dealkylation sites (tertiary alicyclic amines) is 1. The molecule has 1 aromatic heterocycles. The number of nitrogens with zero attached hydrogens (tertiary/aromatic N) is 4. The van der Waals surface area contributed by atoms with Gasteiger partial charge in [-0.3, -0.25) is 4.90 Å². The minimum absolute atomic E-state index is 0.520. The van der Waals surface area contributed by atoms with E-state index in [2.05, 4.69) is 33.5 Å². The van der Waals surface area contributed by atoms with Gasteiger partial charge in [0.05, 0.1) is 6.04 Å². The lowest BCUT2D eigenvalue weighted by atomic mass is 10.0. The predicted octanol–water partition coefficient (Wildman–Crippen LogP) is 2.33. The highest BCUT2D eigenvalue weighted by atomic mass is 15.3. The molecule has 2 aliphatic heterocycles. The second-order valence-corrected chi connectivity index (χ2v) is 5.40. The van der Waals surface area contributed by atoms with Crippen LogP contribution < -0.4 is 0 Å². The second kappa shape index (κ2) is 4.41. The first-order valence-electron chi connectivity index (χ1n) is 6.98.